The van der Waals surface area contributed by atoms with Crippen LogP contribution in [0.4, 0.5) is 8.78 Å². The molecule has 0 saturated carbocycles. The molecule has 0 amide bonds. The molecular weight excluding hydrogens is 194 g/mol. The second-order valence-electron chi connectivity index (χ2n) is 2.53. The molecule has 0 spiro atoms. The van der Waals surface area contributed by atoms with Gasteiger partial charge < -0.3 is 0 Å². The van der Waals surface area contributed by atoms with Crippen molar-refractivity contribution in [3.8, 4) is 0 Å². The SMILES string of the molecule is CC.CC.CCCc1cc(F)cc(F)c1. The molecule has 1 rings (SSSR count). The van der Waals surface area contributed by atoms with Crippen LogP contribution in [-0.2, 0) is 6.42 Å². The Bertz CT molecular complexity index is 224. The van der Waals surface area contributed by atoms with E-state index in [0.29, 0.717) is 0 Å². The second-order valence-corrected chi connectivity index (χ2v) is 2.53. The van der Waals surface area contributed by atoms with E-state index in [1.54, 1.807) is 0 Å². The van der Waals surface area contributed by atoms with Gasteiger partial charge in [0.2, 0.25) is 0 Å². The standard InChI is InChI=1S/C9H10F2.2C2H6/c1-2-3-7-4-8(10)6-9(11)5-7;2*1-2/h4-6H,2-3H2,1H3;2*1-2H3. The molecule has 0 unspecified atom stereocenters. The van der Waals surface area contributed by atoms with Crippen molar-refractivity contribution in [1.29, 1.82) is 0 Å². The average molecular weight is 216 g/mol. The number of hydrogen-bond donors (Lipinski definition) is 0. The van der Waals surface area contributed by atoms with Crippen molar-refractivity contribution in [3.63, 3.8) is 0 Å². The zero-order chi connectivity index (χ0) is 12.3. The van der Waals surface area contributed by atoms with E-state index in [9.17, 15) is 8.78 Å². The fraction of sp³-hybridized carbons (Fsp3) is 0.538. The fourth-order valence-corrected chi connectivity index (χ4v) is 1.04. The normalized spacial score (nSPS) is 8.20. The molecule has 88 valence electrons. The summed E-state index contributed by atoms with van der Waals surface area (Å²) < 4.78 is 25.0. The van der Waals surface area contributed by atoms with Gasteiger partial charge >= 0.3 is 0 Å². The zero-order valence-electron chi connectivity index (χ0n) is 10.4. The Morgan fingerprint density at radius 3 is 1.60 bits per heavy atom. The van der Waals surface area contributed by atoms with Gasteiger partial charge in [-0.1, -0.05) is 41.0 Å². The highest BCUT2D eigenvalue weighted by atomic mass is 19.1. The third-order valence-corrected chi connectivity index (χ3v) is 1.46. The van der Waals surface area contributed by atoms with Crippen LogP contribution in [0, 0.1) is 11.6 Å². The molecule has 0 heterocycles. The summed E-state index contributed by atoms with van der Waals surface area (Å²) in [6, 6.07) is 3.62. The molecule has 15 heavy (non-hydrogen) atoms. The molecule has 1 aromatic carbocycles. The molecule has 0 saturated heterocycles. The van der Waals surface area contributed by atoms with Crippen molar-refractivity contribution >= 4 is 0 Å². The summed E-state index contributed by atoms with van der Waals surface area (Å²) in [4.78, 5) is 0. The lowest BCUT2D eigenvalue weighted by Crippen LogP contribution is -1.87. The maximum Gasteiger partial charge on any atom is 0.126 e. The number of benzene rings is 1. The smallest absolute Gasteiger partial charge is 0.126 e. The number of aryl methyl sites for hydroxylation is 1. The van der Waals surface area contributed by atoms with E-state index in [0.717, 1.165) is 24.5 Å². The molecule has 0 bridgehead atoms. The van der Waals surface area contributed by atoms with Crippen LogP contribution in [0.5, 0.6) is 0 Å². The Kier molecular flexibility index (Phi) is 12.3. The lowest BCUT2D eigenvalue weighted by Gasteiger charge is -1.98. The number of hydrogen-bond acceptors (Lipinski definition) is 0. The van der Waals surface area contributed by atoms with E-state index in [-0.39, 0.29) is 0 Å². The fourth-order valence-electron chi connectivity index (χ4n) is 1.04. The topological polar surface area (TPSA) is 0 Å². The minimum Gasteiger partial charge on any atom is -0.207 e. The molecular formula is C13H22F2. The highest BCUT2D eigenvalue weighted by Gasteiger charge is 1.98. The Morgan fingerprint density at radius 1 is 0.867 bits per heavy atom. The van der Waals surface area contributed by atoms with Crippen molar-refractivity contribution in [3.05, 3.63) is 35.4 Å². The third kappa shape index (κ3) is 8.10. The summed E-state index contributed by atoms with van der Waals surface area (Å²) in [5.41, 5.74) is 0.727. The molecule has 0 aromatic heterocycles. The Morgan fingerprint density at radius 2 is 1.27 bits per heavy atom. The first-order chi connectivity index (χ1) is 7.22. The highest BCUT2D eigenvalue weighted by Crippen LogP contribution is 2.09. The lowest BCUT2D eigenvalue weighted by atomic mass is 10.1. The van der Waals surface area contributed by atoms with Crippen LogP contribution in [0.2, 0.25) is 0 Å². The van der Waals surface area contributed by atoms with Gasteiger partial charge in [0, 0.05) is 6.07 Å². The van der Waals surface area contributed by atoms with E-state index in [1.165, 1.54) is 12.1 Å². The Hall–Kier alpha value is -0.920. The van der Waals surface area contributed by atoms with Crippen LogP contribution in [0.25, 0.3) is 0 Å². The number of rotatable bonds is 2. The monoisotopic (exact) mass is 216 g/mol. The second kappa shape index (κ2) is 11.2. The lowest BCUT2D eigenvalue weighted by molar-refractivity contribution is 0.579. The third-order valence-electron chi connectivity index (χ3n) is 1.46. The minimum absolute atomic E-state index is 0.492. The summed E-state index contributed by atoms with van der Waals surface area (Å²) in [6.07, 6.45) is 1.64. The van der Waals surface area contributed by atoms with Crippen LogP contribution < -0.4 is 0 Å². The van der Waals surface area contributed by atoms with Crippen molar-refractivity contribution in [2.75, 3.05) is 0 Å². The van der Waals surface area contributed by atoms with Gasteiger partial charge in [-0.2, -0.15) is 0 Å². The molecule has 0 aliphatic heterocycles. The zero-order valence-corrected chi connectivity index (χ0v) is 10.4. The van der Waals surface area contributed by atoms with Crippen molar-refractivity contribution < 1.29 is 8.78 Å². The quantitative estimate of drug-likeness (QED) is 0.654. The summed E-state index contributed by atoms with van der Waals surface area (Å²) in [7, 11) is 0. The van der Waals surface area contributed by atoms with E-state index in [1.807, 2.05) is 34.6 Å². The van der Waals surface area contributed by atoms with E-state index < -0.39 is 11.6 Å². The van der Waals surface area contributed by atoms with Gasteiger partial charge in [0.05, 0.1) is 0 Å². The van der Waals surface area contributed by atoms with Crippen molar-refractivity contribution in [1.82, 2.24) is 0 Å². The number of halogens is 2. The van der Waals surface area contributed by atoms with Crippen LogP contribution >= 0.6 is 0 Å². The summed E-state index contributed by atoms with van der Waals surface area (Å²) in [6.45, 7) is 9.98. The Labute approximate surface area is 92.3 Å². The molecule has 0 radical (unpaired) electrons. The molecule has 1 aromatic rings. The first-order valence-electron chi connectivity index (χ1n) is 5.67. The van der Waals surface area contributed by atoms with Gasteiger partial charge in [0.25, 0.3) is 0 Å². The van der Waals surface area contributed by atoms with E-state index in [4.69, 9.17) is 0 Å². The summed E-state index contributed by atoms with van der Waals surface area (Å²) in [5.74, 6) is -0.984. The molecule has 0 aliphatic carbocycles. The largest absolute Gasteiger partial charge is 0.207 e. The Balaban J connectivity index is 0. The van der Waals surface area contributed by atoms with Crippen molar-refractivity contribution in [2.45, 2.75) is 47.5 Å². The van der Waals surface area contributed by atoms with Crippen LogP contribution in [0.1, 0.15) is 46.6 Å². The molecule has 0 aliphatic rings. The molecule has 0 N–H and O–H groups in total. The maximum absolute atomic E-state index is 12.5. The van der Waals surface area contributed by atoms with Crippen LogP contribution in [0.15, 0.2) is 18.2 Å². The first kappa shape index (κ1) is 16.5. The van der Waals surface area contributed by atoms with Gasteiger partial charge in [-0.3, -0.25) is 0 Å². The van der Waals surface area contributed by atoms with Gasteiger partial charge in [-0.25, -0.2) is 8.78 Å². The van der Waals surface area contributed by atoms with Gasteiger partial charge in [0.1, 0.15) is 11.6 Å². The molecule has 2 heteroatoms. The average Bonchev–Trinajstić information content (AvgIpc) is 2.23. The van der Waals surface area contributed by atoms with E-state index in [2.05, 4.69) is 0 Å². The van der Waals surface area contributed by atoms with Gasteiger partial charge in [0.15, 0.2) is 0 Å². The van der Waals surface area contributed by atoms with Gasteiger partial charge in [-0.15, -0.1) is 0 Å². The summed E-state index contributed by atoms with van der Waals surface area (Å²) in [5, 5.41) is 0. The summed E-state index contributed by atoms with van der Waals surface area (Å²) >= 11 is 0. The molecule has 0 fully saturated rings. The van der Waals surface area contributed by atoms with E-state index >= 15 is 0 Å². The van der Waals surface area contributed by atoms with Crippen molar-refractivity contribution in [2.24, 2.45) is 0 Å². The van der Waals surface area contributed by atoms with Crippen LogP contribution in [-0.4, -0.2) is 0 Å². The minimum atomic E-state index is -0.492. The maximum atomic E-state index is 12.5. The van der Waals surface area contributed by atoms with Crippen LogP contribution in [0.3, 0.4) is 0 Å². The first-order valence-corrected chi connectivity index (χ1v) is 5.67. The highest BCUT2D eigenvalue weighted by molar-refractivity contribution is 5.17. The molecule has 0 nitrogen and oxygen atoms in total. The predicted molar refractivity (Wildman–Crippen MR) is 63.0 cm³/mol. The van der Waals surface area contributed by atoms with Gasteiger partial charge in [-0.05, 0) is 24.1 Å². The molecule has 0 atom stereocenters. The predicted octanol–water partition coefficient (Wildman–Crippen LogP) is 4.97.